The third-order valence-corrected chi connectivity index (χ3v) is 4.21. The Kier molecular flexibility index (Phi) is 2.68. The Labute approximate surface area is 103 Å². The van der Waals surface area contributed by atoms with Gasteiger partial charge in [0.05, 0.1) is 11.1 Å². The van der Waals surface area contributed by atoms with Crippen LogP contribution in [0.1, 0.15) is 32.1 Å². The molecule has 5 heteroatoms. The van der Waals surface area contributed by atoms with E-state index < -0.39 is 0 Å². The van der Waals surface area contributed by atoms with Crippen LogP contribution in [0.25, 0.3) is 0 Å². The summed E-state index contributed by atoms with van der Waals surface area (Å²) in [6, 6.07) is 2.04. The molecule has 0 unspecified atom stereocenters. The first kappa shape index (κ1) is 10.5. The summed E-state index contributed by atoms with van der Waals surface area (Å²) in [5.74, 6) is 0.0191. The number of thiophene rings is 1. The minimum atomic E-state index is 0.0191. The summed E-state index contributed by atoms with van der Waals surface area (Å²) in [6.45, 7) is 0.526. The number of aryl methyl sites for hydroxylation is 2. The van der Waals surface area contributed by atoms with Crippen LogP contribution in [0.5, 0.6) is 0 Å². The molecule has 2 aromatic heterocycles. The fourth-order valence-corrected chi connectivity index (χ4v) is 3.25. The molecule has 0 aliphatic heterocycles. The van der Waals surface area contributed by atoms with Crippen molar-refractivity contribution in [3.05, 3.63) is 39.3 Å². The quantitative estimate of drug-likeness (QED) is 0.870. The van der Waals surface area contributed by atoms with E-state index in [1.165, 1.54) is 16.9 Å². The molecule has 2 aromatic rings. The van der Waals surface area contributed by atoms with E-state index in [-0.39, 0.29) is 5.91 Å². The Bertz CT molecular complexity index is 508. The maximum Gasteiger partial charge on any atom is 0.261 e. The van der Waals surface area contributed by atoms with Crippen LogP contribution in [0.2, 0.25) is 0 Å². The lowest BCUT2D eigenvalue weighted by atomic mass is 10.2. The van der Waals surface area contributed by atoms with Crippen molar-refractivity contribution in [2.75, 3.05) is 0 Å². The van der Waals surface area contributed by atoms with Gasteiger partial charge in [0, 0.05) is 23.2 Å². The largest absolute Gasteiger partial charge is 0.347 e. The lowest BCUT2D eigenvalue weighted by molar-refractivity contribution is 0.0955. The summed E-state index contributed by atoms with van der Waals surface area (Å²) >= 11 is 1.63. The van der Waals surface area contributed by atoms with Gasteiger partial charge in [-0.25, -0.2) is 0 Å². The van der Waals surface area contributed by atoms with Gasteiger partial charge in [0.15, 0.2) is 0 Å². The summed E-state index contributed by atoms with van der Waals surface area (Å²) in [4.78, 5) is 14.1. The number of fused-ring (bicyclic) bond motifs is 1. The molecular formula is C12H13N3OS. The molecule has 2 N–H and O–H groups in total. The number of carbonyl (C=O) groups is 1. The first-order valence-corrected chi connectivity index (χ1v) is 6.52. The van der Waals surface area contributed by atoms with E-state index >= 15 is 0 Å². The number of hydrogen-bond donors (Lipinski definition) is 2. The minimum absolute atomic E-state index is 0.0191. The highest BCUT2D eigenvalue weighted by Gasteiger charge is 2.18. The van der Waals surface area contributed by atoms with E-state index in [0.29, 0.717) is 6.54 Å². The van der Waals surface area contributed by atoms with E-state index in [9.17, 15) is 4.79 Å². The third-order valence-electron chi connectivity index (χ3n) is 2.98. The Morgan fingerprint density at radius 1 is 1.53 bits per heavy atom. The maximum atomic E-state index is 11.9. The van der Waals surface area contributed by atoms with Gasteiger partial charge in [0.1, 0.15) is 0 Å². The standard InChI is InChI=1S/C12H13N3OS/c16-12(13-5-8-6-14-15-7-8)11-4-9-2-1-3-10(9)17-11/h4,6-7H,1-3,5H2,(H,13,16)(H,14,15). The second kappa shape index (κ2) is 4.33. The molecule has 0 bridgehead atoms. The van der Waals surface area contributed by atoms with Gasteiger partial charge in [-0.1, -0.05) is 0 Å². The molecule has 0 radical (unpaired) electrons. The van der Waals surface area contributed by atoms with Gasteiger partial charge in [-0.15, -0.1) is 11.3 Å². The average Bonchev–Trinajstić information content (AvgIpc) is 3.01. The van der Waals surface area contributed by atoms with Crippen LogP contribution in [-0.2, 0) is 19.4 Å². The highest BCUT2D eigenvalue weighted by atomic mass is 32.1. The summed E-state index contributed by atoms with van der Waals surface area (Å²) < 4.78 is 0. The van der Waals surface area contributed by atoms with E-state index in [0.717, 1.165) is 23.3 Å². The second-order valence-electron chi connectivity index (χ2n) is 4.20. The predicted molar refractivity (Wildman–Crippen MR) is 66.1 cm³/mol. The predicted octanol–water partition coefficient (Wildman–Crippen LogP) is 1.89. The molecule has 2 heterocycles. The Balaban J connectivity index is 1.65. The van der Waals surface area contributed by atoms with Crippen molar-refractivity contribution < 1.29 is 4.79 Å². The summed E-state index contributed by atoms with van der Waals surface area (Å²) in [7, 11) is 0. The highest BCUT2D eigenvalue weighted by molar-refractivity contribution is 7.14. The second-order valence-corrected chi connectivity index (χ2v) is 5.34. The summed E-state index contributed by atoms with van der Waals surface area (Å²) in [5, 5.41) is 9.47. The van der Waals surface area contributed by atoms with Crippen molar-refractivity contribution >= 4 is 17.2 Å². The first-order chi connectivity index (χ1) is 8.33. The normalized spacial score (nSPS) is 13.6. The van der Waals surface area contributed by atoms with Gasteiger partial charge < -0.3 is 5.32 Å². The van der Waals surface area contributed by atoms with E-state index in [4.69, 9.17) is 0 Å². The van der Waals surface area contributed by atoms with Crippen molar-refractivity contribution in [3.8, 4) is 0 Å². The zero-order valence-corrected chi connectivity index (χ0v) is 10.1. The van der Waals surface area contributed by atoms with Crippen LogP contribution in [0.15, 0.2) is 18.5 Å². The maximum absolute atomic E-state index is 11.9. The molecule has 1 aliphatic rings. The number of carbonyl (C=O) groups excluding carboxylic acids is 1. The van der Waals surface area contributed by atoms with Gasteiger partial charge in [-0.05, 0) is 30.9 Å². The van der Waals surface area contributed by atoms with Gasteiger partial charge in [0.25, 0.3) is 5.91 Å². The van der Waals surface area contributed by atoms with E-state index in [1.807, 2.05) is 6.07 Å². The molecule has 0 aromatic carbocycles. The minimum Gasteiger partial charge on any atom is -0.347 e. The molecule has 4 nitrogen and oxygen atoms in total. The number of aromatic nitrogens is 2. The van der Waals surface area contributed by atoms with Crippen LogP contribution in [0.4, 0.5) is 0 Å². The average molecular weight is 247 g/mol. The third kappa shape index (κ3) is 2.10. The fraction of sp³-hybridized carbons (Fsp3) is 0.333. The number of nitrogens with one attached hydrogen (secondary N) is 2. The smallest absolute Gasteiger partial charge is 0.261 e. The van der Waals surface area contributed by atoms with Crippen molar-refractivity contribution in [1.82, 2.24) is 15.5 Å². The van der Waals surface area contributed by atoms with E-state index in [2.05, 4.69) is 15.5 Å². The van der Waals surface area contributed by atoms with Crippen molar-refractivity contribution in [2.24, 2.45) is 0 Å². The lowest BCUT2D eigenvalue weighted by Crippen LogP contribution is -2.21. The Morgan fingerprint density at radius 3 is 3.24 bits per heavy atom. The molecule has 0 atom stereocenters. The molecule has 0 saturated heterocycles. The summed E-state index contributed by atoms with van der Waals surface area (Å²) in [6.07, 6.45) is 7.00. The fourth-order valence-electron chi connectivity index (χ4n) is 2.08. The zero-order valence-electron chi connectivity index (χ0n) is 9.32. The molecule has 3 rings (SSSR count). The highest BCUT2D eigenvalue weighted by Crippen LogP contribution is 2.30. The monoisotopic (exact) mass is 247 g/mol. The van der Waals surface area contributed by atoms with Crippen molar-refractivity contribution in [1.29, 1.82) is 0 Å². The molecule has 1 amide bonds. The molecule has 0 fully saturated rings. The number of aromatic amines is 1. The number of H-pyrrole nitrogens is 1. The molecule has 0 saturated carbocycles. The lowest BCUT2D eigenvalue weighted by Gasteiger charge is -2.00. The Hall–Kier alpha value is -1.62. The number of hydrogen-bond acceptors (Lipinski definition) is 3. The summed E-state index contributed by atoms with van der Waals surface area (Å²) in [5.41, 5.74) is 2.35. The van der Waals surface area contributed by atoms with Crippen molar-refractivity contribution in [2.45, 2.75) is 25.8 Å². The van der Waals surface area contributed by atoms with Crippen LogP contribution >= 0.6 is 11.3 Å². The Morgan fingerprint density at radius 2 is 2.47 bits per heavy atom. The topological polar surface area (TPSA) is 57.8 Å². The van der Waals surface area contributed by atoms with Gasteiger partial charge in [0.2, 0.25) is 0 Å². The first-order valence-electron chi connectivity index (χ1n) is 5.70. The van der Waals surface area contributed by atoms with Crippen LogP contribution < -0.4 is 5.32 Å². The van der Waals surface area contributed by atoms with E-state index in [1.54, 1.807) is 23.7 Å². The SMILES string of the molecule is O=C(NCc1cn[nH]c1)c1cc2c(s1)CCC2. The number of amides is 1. The van der Waals surface area contributed by atoms with Gasteiger partial charge >= 0.3 is 0 Å². The number of nitrogens with zero attached hydrogens (tertiary/aromatic N) is 1. The zero-order chi connectivity index (χ0) is 11.7. The molecule has 17 heavy (non-hydrogen) atoms. The molecule has 0 spiro atoms. The molecule has 1 aliphatic carbocycles. The molecular weight excluding hydrogens is 234 g/mol. The van der Waals surface area contributed by atoms with Gasteiger partial charge in [-0.2, -0.15) is 5.10 Å². The number of rotatable bonds is 3. The van der Waals surface area contributed by atoms with Crippen molar-refractivity contribution in [3.63, 3.8) is 0 Å². The van der Waals surface area contributed by atoms with Crippen LogP contribution in [0.3, 0.4) is 0 Å². The van der Waals surface area contributed by atoms with Crippen LogP contribution in [0, 0.1) is 0 Å². The molecule has 88 valence electrons. The van der Waals surface area contributed by atoms with Crippen LogP contribution in [-0.4, -0.2) is 16.1 Å². The van der Waals surface area contributed by atoms with Gasteiger partial charge in [-0.3, -0.25) is 9.89 Å².